The summed E-state index contributed by atoms with van der Waals surface area (Å²) in [7, 11) is 0. The number of nitrogens with zero attached hydrogens (tertiary/aromatic N) is 7. The van der Waals surface area contributed by atoms with E-state index in [1.165, 1.54) is 11.8 Å². The number of hydrogen-bond acceptors (Lipinski definition) is 13. The largest absolute Gasteiger partial charge is 0.445 e. The van der Waals surface area contributed by atoms with E-state index < -0.39 is 23.2 Å². The molecule has 15 nitrogen and oxygen atoms in total. The van der Waals surface area contributed by atoms with Crippen molar-refractivity contribution in [2.24, 2.45) is 11.8 Å². The summed E-state index contributed by atoms with van der Waals surface area (Å²) in [5, 5.41) is 16.0. The molecule has 294 valence electrons. The summed E-state index contributed by atoms with van der Waals surface area (Å²) >= 11 is 8.09. The molecule has 8 rings (SSSR count). The predicted octanol–water partition coefficient (Wildman–Crippen LogP) is 7.69. The third-order valence-electron chi connectivity index (χ3n) is 10.5. The van der Waals surface area contributed by atoms with Crippen LogP contribution >= 0.6 is 23.4 Å². The Kier molecular flexibility index (Phi) is 10.5. The second-order valence-corrected chi connectivity index (χ2v) is 16.8. The first-order chi connectivity index (χ1) is 27.0. The van der Waals surface area contributed by atoms with E-state index in [1.807, 2.05) is 48.0 Å². The van der Waals surface area contributed by atoms with E-state index in [0.717, 1.165) is 55.1 Å². The highest BCUT2D eigenvalue weighted by molar-refractivity contribution is 7.99. The van der Waals surface area contributed by atoms with Crippen molar-refractivity contribution in [3.8, 4) is 0 Å². The fraction of sp³-hybridized carbons (Fsp3) is 0.462. The number of nitrogens with one attached hydrogen (secondary N) is 2. The maximum Gasteiger partial charge on any atom is 0.413 e. The van der Waals surface area contributed by atoms with E-state index in [9.17, 15) is 9.59 Å². The van der Waals surface area contributed by atoms with Gasteiger partial charge < -0.3 is 29.0 Å². The van der Waals surface area contributed by atoms with Crippen molar-refractivity contribution >= 4 is 58.3 Å². The van der Waals surface area contributed by atoms with Crippen molar-refractivity contribution in [1.29, 1.82) is 0 Å². The highest BCUT2D eigenvalue weighted by Crippen LogP contribution is 2.63. The molecule has 5 aromatic rings. The fourth-order valence-electron chi connectivity index (χ4n) is 7.80. The van der Waals surface area contributed by atoms with Crippen LogP contribution < -0.4 is 15.5 Å². The third kappa shape index (κ3) is 7.86. The third-order valence-corrected chi connectivity index (χ3v) is 12.0. The summed E-state index contributed by atoms with van der Waals surface area (Å²) in [6.07, 6.45) is 5.57. The molecule has 2 amide bonds. The molecule has 1 saturated carbocycles. The Balaban J connectivity index is 1.03. The first-order valence-electron chi connectivity index (χ1n) is 18.8. The number of benzene rings is 1. The monoisotopic (exact) mass is 801 g/mol. The van der Waals surface area contributed by atoms with Crippen molar-refractivity contribution in [2.75, 3.05) is 36.5 Å². The van der Waals surface area contributed by atoms with Gasteiger partial charge >= 0.3 is 12.2 Å². The number of halogens is 1. The minimum atomic E-state index is -0.684. The van der Waals surface area contributed by atoms with Gasteiger partial charge in [0.25, 0.3) is 0 Å². The number of hydrogen-bond donors (Lipinski definition) is 2. The zero-order valence-electron chi connectivity index (χ0n) is 31.7. The summed E-state index contributed by atoms with van der Waals surface area (Å²) in [5.41, 5.74) is 1.88. The number of carbonyl (C=O) groups is 2. The number of carbonyl (C=O) groups excluding carboxylic acids is 2. The van der Waals surface area contributed by atoms with Crippen LogP contribution in [-0.4, -0.2) is 73.9 Å². The number of fused-ring (bicyclic) bond motifs is 2. The Morgan fingerprint density at radius 2 is 1.93 bits per heavy atom. The zero-order chi connectivity index (χ0) is 39.0. The molecule has 3 fully saturated rings. The van der Waals surface area contributed by atoms with Crippen molar-refractivity contribution in [1.82, 2.24) is 35.2 Å². The van der Waals surface area contributed by atoms with Gasteiger partial charge in [-0.1, -0.05) is 58.9 Å². The first kappa shape index (κ1) is 38.0. The van der Waals surface area contributed by atoms with Gasteiger partial charge in [-0.3, -0.25) is 5.32 Å². The highest BCUT2D eigenvalue weighted by Gasteiger charge is 2.68. The smallest absolute Gasteiger partial charge is 0.413 e. The second kappa shape index (κ2) is 15.5. The summed E-state index contributed by atoms with van der Waals surface area (Å²) < 4.78 is 24.5. The van der Waals surface area contributed by atoms with Crippen LogP contribution in [0.3, 0.4) is 0 Å². The van der Waals surface area contributed by atoms with Crippen LogP contribution in [0.15, 0.2) is 69.3 Å². The number of amides is 2. The van der Waals surface area contributed by atoms with Crippen molar-refractivity contribution in [3.63, 3.8) is 0 Å². The van der Waals surface area contributed by atoms with E-state index in [4.69, 9.17) is 45.4 Å². The molecule has 2 saturated heterocycles. The van der Waals surface area contributed by atoms with Crippen molar-refractivity contribution in [2.45, 2.75) is 87.2 Å². The molecule has 6 heterocycles. The number of piperidine rings is 1. The Morgan fingerprint density at radius 1 is 1.09 bits per heavy atom. The van der Waals surface area contributed by atoms with Gasteiger partial charge in [-0.25, -0.2) is 29.2 Å². The number of alkyl carbamates (subject to hydrolysis) is 1. The number of pyridine rings is 1. The van der Waals surface area contributed by atoms with Gasteiger partial charge in [0.05, 0.1) is 16.9 Å². The number of anilines is 2. The SMILES string of the molecule is Cc1cc(C2(CNC(=O)OCc3ccccc3)C3CCN(c4cnc5c(Sc6ccnc(NC(=O)OC(C)(C)C)c6Cl)nn(C6CCCCO6)c5n4)CC32)no1. The highest BCUT2D eigenvalue weighted by atomic mass is 35.5. The maximum atomic E-state index is 12.9. The van der Waals surface area contributed by atoms with Crippen LogP contribution in [0.4, 0.5) is 21.2 Å². The molecule has 0 spiro atoms. The fourth-order valence-corrected chi connectivity index (χ4v) is 8.97. The molecule has 56 heavy (non-hydrogen) atoms. The Hall–Kier alpha value is -4.93. The molecule has 17 heteroatoms. The average molecular weight is 802 g/mol. The van der Waals surface area contributed by atoms with Gasteiger partial charge in [-0.2, -0.15) is 5.10 Å². The summed E-state index contributed by atoms with van der Waals surface area (Å²) in [5.74, 6) is 2.10. The van der Waals surface area contributed by atoms with Gasteiger partial charge in [0.15, 0.2) is 22.7 Å². The number of aromatic nitrogens is 6. The number of ether oxygens (including phenoxy) is 3. The van der Waals surface area contributed by atoms with Crippen LogP contribution in [0.5, 0.6) is 0 Å². The molecule has 1 aliphatic carbocycles. The van der Waals surface area contributed by atoms with Crippen LogP contribution in [0.2, 0.25) is 5.02 Å². The predicted molar refractivity (Wildman–Crippen MR) is 209 cm³/mol. The topological polar surface area (TPSA) is 172 Å². The molecule has 4 aromatic heterocycles. The molecule has 4 unspecified atom stereocenters. The maximum absolute atomic E-state index is 12.9. The molecule has 2 N–H and O–H groups in total. The summed E-state index contributed by atoms with van der Waals surface area (Å²) in [6.45, 7) is 9.85. The van der Waals surface area contributed by atoms with E-state index >= 15 is 0 Å². The Labute approximate surface area is 333 Å². The molecule has 3 aliphatic rings. The van der Waals surface area contributed by atoms with E-state index in [1.54, 1.807) is 39.2 Å². The molecule has 2 aliphatic heterocycles. The van der Waals surface area contributed by atoms with Crippen LogP contribution in [-0.2, 0) is 26.2 Å². The lowest BCUT2D eigenvalue weighted by atomic mass is 9.96. The van der Waals surface area contributed by atoms with E-state index in [0.29, 0.717) is 46.7 Å². The number of aryl methyl sites for hydroxylation is 1. The minimum absolute atomic E-state index is 0.179. The molecular formula is C39H44ClN9O6S. The Morgan fingerprint density at radius 3 is 2.68 bits per heavy atom. The van der Waals surface area contributed by atoms with Gasteiger partial charge in [-0.15, -0.1) is 0 Å². The van der Waals surface area contributed by atoms with Crippen LogP contribution in [0.1, 0.15) is 69.7 Å². The van der Waals surface area contributed by atoms with Crippen LogP contribution in [0.25, 0.3) is 11.2 Å². The lowest BCUT2D eigenvalue weighted by molar-refractivity contribution is -0.0376. The summed E-state index contributed by atoms with van der Waals surface area (Å²) in [4.78, 5) is 42.6. The average Bonchev–Trinajstić information content (AvgIpc) is 3.39. The number of rotatable bonds is 10. The van der Waals surface area contributed by atoms with Gasteiger partial charge in [0.2, 0.25) is 0 Å². The van der Waals surface area contributed by atoms with Crippen molar-refractivity contribution in [3.05, 3.63) is 76.9 Å². The second-order valence-electron chi connectivity index (χ2n) is 15.4. The van der Waals surface area contributed by atoms with E-state index in [2.05, 4.69) is 25.7 Å². The molecule has 0 bridgehead atoms. The lowest BCUT2D eigenvalue weighted by Crippen LogP contribution is -2.36. The van der Waals surface area contributed by atoms with Gasteiger partial charge in [0.1, 0.15) is 29.3 Å². The molecular weight excluding hydrogens is 758 g/mol. The quantitative estimate of drug-likeness (QED) is 0.141. The molecule has 0 radical (unpaired) electrons. The standard InChI is InChI=1S/C39H44ClN9O6S/c1-23-18-28(47-55-23)39(22-43-36(50)53-21-24-10-6-5-7-11-24)25-14-16-48(20-26(25)39)29-19-42-32-34(44-29)49(30-12-8-9-17-52-30)46-35(32)56-27-13-15-41-33(31(27)40)45-37(51)54-38(2,3)4/h5-7,10-11,13,15,18-19,25-26,30H,8-9,12,14,16-17,20-22H2,1-4H3,(H,43,50)(H,41,45,51). The first-order valence-corrected chi connectivity index (χ1v) is 20.0. The lowest BCUT2D eigenvalue weighted by Gasteiger charge is -2.27. The van der Waals surface area contributed by atoms with Crippen molar-refractivity contribution < 1.29 is 28.3 Å². The normalized spacial score (nSPS) is 22.0. The van der Waals surface area contributed by atoms with E-state index in [-0.39, 0.29) is 29.6 Å². The molecule has 4 atom stereocenters. The van der Waals surface area contributed by atoms with Gasteiger partial charge in [-0.05, 0) is 76.8 Å². The minimum Gasteiger partial charge on any atom is -0.445 e. The Bertz CT molecular complexity index is 2220. The molecule has 1 aromatic carbocycles. The van der Waals surface area contributed by atoms with Crippen LogP contribution in [0, 0.1) is 18.8 Å². The zero-order valence-corrected chi connectivity index (χ0v) is 33.2. The summed E-state index contributed by atoms with van der Waals surface area (Å²) in [6, 6.07) is 13.3. The van der Waals surface area contributed by atoms with Gasteiger partial charge in [0, 0.05) is 48.8 Å².